The summed E-state index contributed by atoms with van der Waals surface area (Å²) in [5, 5.41) is -0.305. The fourth-order valence-electron chi connectivity index (χ4n) is 2.97. The molecule has 7 heteroatoms. The first-order valence-electron chi connectivity index (χ1n) is 8.93. The van der Waals surface area contributed by atoms with Gasteiger partial charge >= 0.3 is 6.11 Å². The van der Waals surface area contributed by atoms with Crippen molar-refractivity contribution in [1.82, 2.24) is 0 Å². The van der Waals surface area contributed by atoms with Crippen LogP contribution in [-0.2, 0) is 12.5 Å². The minimum absolute atomic E-state index is 0.0708. The van der Waals surface area contributed by atoms with Crippen LogP contribution >= 0.6 is 0 Å². The highest BCUT2D eigenvalue weighted by Crippen LogP contribution is 2.35. The Balaban J connectivity index is 1.89. The molecule has 0 heterocycles. The predicted molar refractivity (Wildman–Crippen MR) is 104 cm³/mol. The predicted octanol–water partition coefficient (Wildman–Crippen LogP) is 7.60. The molecule has 0 fully saturated rings. The number of hydrogen-bond acceptors (Lipinski definition) is 1. The molecule has 1 nitrogen and oxygen atoms in total. The Bertz CT molecular complexity index is 1100. The maximum atomic E-state index is 14.5. The Kier molecular flexibility index (Phi) is 6.20. The van der Waals surface area contributed by atoms with Gasteiger partial charge in [-0.05, 0) is 60.2 Å². The summed E-state index contributed by atoms with van der Waals surface area (Å²) in [6, 6.07) is 9.53. The molecule has 0 aliphatic carbocycles. The second-order valence-electron chi connectivity index (χ2n) is 6.55. The third-order valence-electron chi connectivity index (χ3n) is 4.46. The lowest BCUT2D eigenvalue weighted by Crippen LogP contribution is -2.21. The Morgan fingerprint density at radius 1 is 1.00 bits per heavy atom. The molecule has 0 bridgehead atoms. The van der Waals surface area contributed by atoms with Crippen LogP contribution in [-0.4, -0.2) is 0 Å². The third kappa shape index (κ3) is 4.67. The number of fused-ring (bicyclic) bond motifs is 1. The number of aryl methyl sites for hydroxylation is 1. The lowest BCUT2D eigenvalue weighted by molar-refractivity contribution is -0.185. The SMILES string of the molecule is C=CCCc1ccc(C(F)(F)Oc2ccc3c(F)c(C=C(F)F)c(F)cc3c2)cc1. The van der Waals surface area contributed by atoms with Gasteiger partial charge in [-0.2, -0.15) is 17.6 Å². The van der Waals surface area contributed by atoms with Gasteiger partial charge in [0.25, 0.3) is 6.08 Å². The van der Waals surface area contributed by atoms with E-state index in [0.29, 0.717) is 12.8 Å². The lowest BCUT2D eigenvalue weighted by Gasteiger charge is -2.19. The summed E-state index contributed by atoms with van der Waals surface area (Å²) in [7, 11) is 0. The topological polar surface area (TPSA) is 9.23 Å². The van der Waals surface area contributed by atoms with E-state index in [2.05, 4.69) is 6.58 Å². The number of alkyl halides is 2. The molecule has 0 radical (unpaired) electrons. The van der Waals surface area contributed by atoms with Gasteiger partial charge in [-0.3, -0.25) is 0 Å². The molecule has 0 aromatic heterocycles. The van der Waals surface area contributed by atoms with E-state index in [4.69, 9.17) is 4.74 Å². The van der Waals surface area contributed by atoms with Gasteiger partial charge in [0.05, 0.1) is 11.1 Å². The minimum atomic E-state index is -3.69. The highest BCUT2D eigenvalue weighted by Gasteiger charge is 2.34. The van der Waals surface area contributed by atoms with Crippen molar-refractivity contribution in [1.29, 1.82) is 0 Å². The number of halogens is 6. The first kappa shape index (κ1) is 21.5. The van der Waals surface area contributed by atoms with E-state index < -0.39 is 29.4 Å². The highest BCUT2D eigenvalue weighted by atomic mass is 19.3. The van der Waals surface area contributed by atoms with Crippen molar-refractivity contribution in [3.8, 4) is 5.75 Å². The second-order valence-corrected chi connectivity index (χ2v) is 6.55. The zero-order valence-corrected chi connectivity index (χ0v) is 15.6. The quantitative estimate of drug-likeness (QED) is 0.281. The van der Waals surface area contributed by atoms with Crippen LogP contribution in [0, 0.1) is 11.6 Å². The number of allylic oxidation sites excluding steroid dienone is 1. The van der Waals surface area contributed by atoms with Crippen LogP contribution in [0.3, 0.4) is 0 Å². The Morgan fingerprint density at radius 3 is 2.33 bits per heavy atom. The van der Waals surface area contributed by atoms with Gasteiger partial charge in [-0.15, -0.1) is 6.58 Å². The van der Waals surface area contributed by atoms with E-state index in [1.807, 2.05) is 0 Å². The molecule has 0 amide bonds. The molecule has 156 valence electrons. The molecule has 3 aromatic carbocycles. The molecule has 0 unspecified atom stereocenters. The van der Waals surface area contributed by atoms with Crippen LogP contribution < -0.4 is 4.74 Å². The van der Waals surface area contributed by atoms with Crippen molar-refractivity contribution in [2.75, 3.05) is 0 Å². The maximum absolute atomic E-state index is 14.5. The summed E-state index contributed by atoms with van der Waals surface area (Å²) in [6.07, 6.45) is -2.77. The first-order valence-corrected chi connectivity index (χ1v) is 8.93. The summed E-state index contributed by atoms with van der Waals surface area (Å²) in [5.74, 6) is -2.79. The summed E-state index contributed by atoms with van der Waals surface area (Å²) < 4.78 is 86.9. The van der Waals surface area contributed by atoms with Crippen molar-refractivity contribution < 1.29 is 31.1 Å². The van der Waals surface area contributed by atoms with E-state index in [0.717, 1.165) is 29.8 Å². The van der Waals surface area contributed by atoms with Crippen molar-refractivity contribution in [2.45, 2.75) is 19.0 Å². The molecule has 0 aliphatic rings. The van der Waals surface area contributed by atoms with Crippen molar-refractivity contribution in [3.05, 3.63) is 95.6 Å². The Hall–Kier alpha value is -3.22. The van der Waals surface area contributed by atoms with Gasteiger partial charge in [0, 0.05) is 11.5 Å². The van der Waals surface area contributed by atoms with Gasteiger partial charge in [-0.25, -0.2) is 8.78 Å². The molecule has 0 saturated carbocycles. The molecule has 0 aliphatic heterocycles. The van der Waals surface area contributed by atoms with Crippen LogP contribution in [0.4, 0.5) is 26.3 Å². The number of rotatable bonds is 7. The minimum Gasteiger partial charge on any atom is -0.429 e. The van der Waals surface area contributed by atoms with Gasteiger partial charge in [0.2, 0.25) is 0 Å². The third-order valence-corrected chi connectivity index (χ3v) is 4.46. The lowest BCUT2D eigenvalue weighted by atomic mass is 10.0. The van der Waals surface area contributed by atoms with Gasteiger partial charge in [-0.1, -0.05) is 18.2 Å². The molecule has 3 rings (SSSR count). The molecular weight excluding hydrogens is 406 g/mol. The van der Waals surface area contributed by atoms with Crippen LogP contribution in [0.25, 0.3) is 16.8 Å². The molecule has 0 saturated heterocycles. The van der Waals surface area contributed by atoms with Gasteiger partial charge < -0.3 is 4.74 Å². The van der Waals surface area contributed by atoms with Crippen LogP contribution in [0.1, 0.15) is 23.1 Å². The molecule has 0 spiro atoms. The number of ether oxygens (including phenoxy) is 1. The van der Waals surface area contributed by atoms with E-state index >= 15 is 0 Å². The molecule has 0 atom stereocenters. The summed E-state index contributed by atoms with van der Waals surface area (Å²) in [6.45, 7) is 3.61. The smallest absolute Gasteiger partial charge is 0.426 e. The van der Waals surface area contributed by atoms with Crippen molar-refractivity contribution in [3.63, 3.8) is 0 Å². The van der Waals surface area contributed by atoms with E-state index in [-0.39, 0.29) is 28.2 Å². The zero-order valence-electron chi connectivity index (χ0n) is 15.6. The molecular formula is C23H16F6O. The summed E-state index contributed by atoms with van der Waals surface area (Å²) >= 11 is 0. The van der Waals surface area contributed by atoms with E-state index in [9.17, 15) is 26.3 Å². The largest absolute Gasteiger partial charge is 0.429 e. The fraction of sp³-hybridized carbons (Fsp3) is 0.130. The van der Waals surface area contributed by atoms with Crippen molar-refractivity contribution >= 4 is 16.8 Å². The maximum Gasteiger partial charge on any atom is 0.426 e. The van der Waals surface area contributed by atoms with E-state index in [1.165, 1.54) is 12.1 Å². The molecule has 3 aromatic rings. The van der Waals surface area contributed by atoms with Gasteiger partial charge in [0.15, 0.2) is 0 Å². The summed E-state index contributed by atoms with van der Waals surface area (Å²) in [4.78, 5) is 0. The Morgan fingerprint density at radius 2 is 1.70 bits per heavy atom. The van der Waals surface area contributed by atoms with Crippen LogP contribution in [0.2, 0.25) is 0 Å². The number of benzene rings is 3. The average Bonchev–Trinajstić information content (AvgIpc) is 2.69. The number of hydrogen-bond donors (Lipinski definition) is 0. The van der Waals surface area contributed by atoms with E-state index in [1.54, 1.807) is 18.2 Å². The standard InChI is InChI=1S/C23H16F6O/c1-2-3-4-14-5-7-16(8-6-14)23(28,29)30-17-9-10-18-15(11-17)12-20(24)19(22(18)27)13-21(25)26/h2,5-13H,1,3-4H2. The average molecular weight is 422 g/mol. The van der Waals surface area contributed by atoms with Crippen LogP contribution in [0.15, 0.2) is 67.3 Å². The molecule has 0 N–H and O–H groups in total. The zero-order chi connectivity index (χ0) is 21.9. The first-order chi connectivity index (χ1) is 14.2. The highest BCUT2D eigenvalue weighted by molar-refractivity contribution is 5.87. The van der Waals surface area contributed by atoms with Gasteiger partial charge in [0.1, 0.15) is 17.4 Å². The Labute approximate surface area is 168 Å². The molecule has 30 heavy (non-hydrogen) atoms. The monoisotopic (exact) mass is 422 g/mol. The van der Waals surface area contributed by atoms with Crippen LogP contribution in [0.5, 0.6) is 5.75 Å². The van der Waals surface area contributed by atoms with Crippen molar-refractivity contribution in [2.24, 2.45) is 0 Å². The fourth-order valence-corrected chi connectivity index (χ4v) is 2.97. The normalized spacial score (nSPS) is 11.4. The second kappa shape index (κ2) is 8.65. The summed E-state index contributed by atoms with van der Waals surface area (Å²) in [5.41, 5.74) is -0.431.